The number of rotatable bonds is 8. The second-order valence-corrected chi connectivity index (χ2v) is 6.79. The molecule has 0 fully saturated rings. The van der Waals surface area contributed by atoms with Crippen LogP contribution < -0.4 is 5.32 Å². The molecule has 1 aromatic heterocycles. The zero-order chi connectivity index (χ0) is 15.2. The Balaban J connectivity index is 3.02. The van der Waals surface area contributed by atoms with Crippen LogP contribution in [-0.2, 0) is 10.0 Å². The Morgan fingerprint density at radius 3 is 2.50 bits per heavy atom. The minimum atomic E-state index is -3.46. The number of pyridine rings is 1. The van der Waals surface area contributed by atoms with Gasteiger partial charge in [-0.3, -0.25) is 0 Å². The number of nitrogens with zero attached hydrogens (tertiary/aromatic N) is 2. The Labute approximate surface area is 122 Å². The van der Waals surface area contributed by atoms with Gasteiger partial charge >= 0.3 is 0 Å². The van der Waals surface area contributed by atoms with Crippen molar-refractivity contribution in [1.82, 2.24) is 9.29 Å². The second-order valence-electron chi connectivity index (χ2n) is 4.80. The van der Waals surface area contributed by atoms with Gasteiger partial charge in [0.05, 0.1) is 4.90 Å². The molecule has 0 aliphatic heterocycles. The van der Waals surface area contributed by atoms with E-state index in [2.05, 4.69) is 17.2 Å². The zero-order valence-electron chi connectivity index (χ0n) is 12.8. The summed E-state index contributed by atoms with van der Waals surface area (Å²) in [6.07, 6.45) is 4.11. The molecule has 0 saturated heterocycles. The molecule has 20 heavy (non-hydrogen) atoms. The number of nitrogens with one attached hydrogen (secondary N) is 1. The molecular weight excluding hydrogens is 274 g/mol. The van der Waals surface area contributed by atoms with E-state index < -0.39 is 10.0 Å². The highest BCUT2D eigenvalue weighted by molar-refractivity contribution is 7.89. The summed E-state index contributed by atoms with van der Waals surface area (Å²) in [4.78, 5) is 4.43. The van der Waals surface area contributed by atoms with E-state index in [0.717, 1.165) is 25.8 Å². The van der Waals surface area contributed by atoms with Crippen LogP contribution in [0.4, 0.5) is 5.82 Å². The summed E-state index contributed by atoms with van der Waals surface area (Å²) in [6.45, 7) is 6.83. The summed E-state index contributed by atoms with van der Waals surface area (Å²) in [5, 5.41) is 3.11. The highest BCUT2D eigenvalue weighted by atomic mass is 32.2. The van der Waals surface area contributed by atoms with Crippen molar-refractivity contribution in [2.75, 3.05) is 18.9 Å². The maximum Gasteiger partial charge on any atom is 0.243 e. The van der Waals surface area contributed by atoms with Gasteiger partial charge in [0.25, 0.3) is 0 Å². The molecule has 114 valence electrons. The molecule has 6 heteroatoms. The largest absolute Gasteiger partial charge is 0.370 e. The Kier molecular flexibility index (Phi) is 6.42. The second kappa shape index (κ2) is 7.59. The van der Waals surface area contributed by atoms with Gasteiger partial charge in [0, 0.05) is 31.9 Å². The van der Waals surface area contributed by atoms with Crippen molar-refractivity contribution < 1.29 is 8.42 Å². The first-order valence-corrected chi connectivity index (χ1v) is 8.59. The van der Waals surface area contributed by atoms with Gasteiger partial charge in [0.1, 0.15) is 5.82 Å². The van der Waals surface area contributed by atoms with Crippen LogP contribution in [0.15, 0.2) is 23.2 Å². The van der Waals surface area contributed by atoms with Crippen LogP contribution in [0.25, 0.3) is 0 Å². The van der Waals surface area contributed by atoms with Gasteiger partial charge in [0.2, 0.25) is 10.0 Å². The minimum Gasteiger partial charge on any atom is -0.370 e. The van der Waals surface area contributed by atoms with Crippen molar-refractivity contribution in [3.8, 4) is 0 Å². The highest BCUT2D eigenvalue weighted by Crippen LogP contribution is 2.20. The zero-order valence-corrected chi connectivity index (χ0v) is 13.6. The van der Waals surface area contributed by atoms with E-state index in [-0.39, 0.29) is 6.04 Å². The van der Waals surface area contributed by atoms with E-state index in [9.17, 15) is 8.42 Å². The van der Waals surface area contributed by atoms with Gasteiger partial charge in [-0.2, -0.15) is 4.31 Å². The lowest BCUT2D eigenvalue weighted by molar-refractivity contribution is 0.349. The molecular formula is C14H25N3O2S. The molecule has 0 saturated carbocycles. The lowest BCUT2D eigenvalue weighted by atomic mass is 10.2. The first kappa shape index (κ1) is 16.9. The molecule has 1 N–H and O–H groups in total. The Hall–Kier alpha value is -1.14. The fourth-order valence-corrected chi connectivity index (χ4v) is 3.60. The first-order valence-electron chi connectivity index (χ1n) is 7.15. The van der Waals surface area contributed by atoms with Crippen LogP contribution in [0.3, 0.4) is 0 Å². The SMILES string of the molecule is CCCNc1cc(S(=O)(=O)N(C)C(CC)CC)ccn1. The average molecular weight is 299 g/mol. The van der Waals surface area contributed by atoms with E-state index in [1.165, 1.54) is 10.5 Å². The lowest BCUT2D eigenvalue weighted by Crippen LogP contribution is -2.36. The normalized spacial score (nSPS) is 12.1. The number of anilines is 1. The maximum atomic E-state index is 12.6. The minimum absolute atomic E-state index is 0.0280. The van der Waals surface area contributed by atoms with Crippen LogP contribution >= 0.6 is 0 Å². The quantitative estimate of drug-likeness (QED) is 0.801. The highest BCUT2D eigenvalue weighted by Gasteiger charge is 2.26. The van der Waals surface area contributed by atoms with Crippen LogP contribution in [-0.4, -0.2) is 37.3 Å². The van der Waals surface area contributed by atoms with Crippen molar-refractivity contribution in [3.63, 3.8) is 0 Å². The van der Waals surface area contributed by atoms with Crippen molar-refractivity contribution in [2.24, 2.45) is 0 Å². The van der Waals surface area contributed by atoms with Crippen molar-refractivity contribution in [2.45, 2.75) is 51.0 Å². The summed E-state index contributed by atoms with van der Waals surface area (Å²) in [5.74, 6) is 0.603. The molecule has 1 heterocycles. The molecule has 0 aliphatic carbocycles. The molecule has 0 atom stereocenters. The summed E-state index contributed by atoms with van der Waals surface area (Å²) < 4.78 is 26.6. The predicted octanol–water partition coefficient (Wildman–Crippen LogP) is 2.71. The molecule has 0 amide bonds. The van der Waals surface area contributed by atoms with Gasteiger partial charge in [-0.1, -0.05) is 20.8 Å². The number of hydrogen-bond acceptors (Lipinski definition) is 4. The van der Waals surface area contributed by atoms with E-state index >= 15 is 0 Å². The van der Waals surface area contributed by atoms with E-state index in [0.29, 0.717) is 10.7 Å². The molecule has 0 aromatic carbocycles. The third-order valence-corrected chi connectivity index (χ3v) is 5.33. The fraction of sp³-hybridized carbons (Fsp3) is 0.643. The Bertz CT molecular complexity index is 513. The fourth-order valence-electron chi connectivity index (χ4n) is 2.09. The van der Waals surface area contributed by atoms with Gasteiger partial charge in [0.15, 0.2) is 0 Å². The van der Waals surface area contributed by atoms with Crippen LogP contribution in [0.1, 0.15) is 40.0 Å². The Morgan fingerprint density at radius 1 is 1.30 bits per heavy atom. The smallest absolute Gasteiger partial charge is 0.243 e. The number of aromatic nitrogens is 1. The van der Waals surface area contributed by atoms with Gasteiger partial charge in [-0.05, 0) is 25.3 Å². The molecule has 0 unspecified atom stereocenters. The van der Waals surface area contributed by atoms with E-state index in [1.807, 2.05) is 13.8 Å². The molecule has 1 aromatic rings. The molecule has 0 spiro atoms. The van der Waals surface area contributed by atoms with E-state index in [1.54, 1.807) is 19.2 Å². The molecule has 0 aliphatic rings. The van der Waals surface area contributed by atoms with Gasteiger partial charge in [-0.25, -0.2) is 13.4 Å². The van der Waals surface area contributed by atoms with Gasteiger partial charge < -0.3 is 5.32 Å². The number of hydrogen-bond donors (Lipinski definition) is 1. The van der Waals surface area contributed by atoms with Crippen LogP contribution in [0.2, 0.25) is 0 Å². The number of sulfonamides is 1. The van der Waals surface area contributed by atoms with E-state index in [4.69, 9.17) is 0 Å². The van der Waals surface area contributed by atoms with Crippen molar-refractivity contribution in [1.29, 1.82) is 0 Å². The Morgan fingerprint density at radius 2 is 1.95 bits per heavy atom. The van der Waals surface area contributed by atoms with Crippen LogP contribution in [0.5, 0.6) is 0 Å². The van der Waals surface area contributed by atoms with Gasteiger partial charge in [-0.15, -0.1) is 0 Å². The third-order valence-electron chi connectivity index (χ3n) is 3.42. The lowest BCUT2D eigenvalue weighted by Gasteiger charge is -2.25. The maximum absolute atomic E-state index is 12.6. The first-order chi connectivity index (χ1) is 9.47. The summed E-state index contributed by atoms with van der Waals surface area (Å²) >= 11 is 0. The molecule has 5 nitrogen and oxygen atoms in total. The summed E-state index contributed by atoms with van der Waals surface area (Å²) in [7, 11) is -1.81. The average Bonchev–Trinajstić information content (AvgIpc) is 2.46. The monoisotopic (exact) mass is 299 g/mol. The van der Waals surface area contributed by atoms with Crippen molar-refractivity contribution in [3.05, 3.63) is 18.3 Å². The summed E-state index contributed by atoms with van der Waals surface area (Å²) in [5.41, 5.74) is 0. The molecule has 0 bridgehead atoms. The van der Waals surface area contributed by atoms with Crippen LogP contribution in [0, 0.1) is 0 Å². The predicted molar refractivity (Wildman–Crippen MR) is 82.3 cm³/mol. The third kappa shape index (κ3) is 3.93. The van der Waals surface area contributed by atoms with Crippen molar-refractivity contribution >= 4 is 15.8 Å². The molecule has 1 rings (SSSR count). The molecule has 0 radical (unpaired) electrons. The topological polar surface area (TPSA) is 62.3 Å². The standard InChI is InChI=1S/C14H25N3O2S/c1-5-9-15-14-11-13(8-10-16-14)20(18,19)17(4)12(6-2)7-3/h8,10-12H,5-7,9H2,1-4H3,(H,15,16). The summed E-state index contributed by atoms with van der Waals surface area (Å²) in [6, 6.07) is 3.18.